The van der Waals surface area contributed by atoms with Crippen molar-refractivity contribution < 1.29 is 4.79 Å². The molecule has 0 fully saturated rings. The van der Waals surface area contributed by atoms with Gasteiger partial charge in [-0.1, -0.05) is 6.07 Å². The predicted molar refractivity (Wildman–Crippen MR) is 102 cm³/mol. The van der Waals surface area contributed by atoms with Gasteiger partial charge in [-0.25, -0.2) is 0 Å². The number of aryl methyl sites for hydroxylation is 2. The Morgan fingerprint density at radius 1 is 1.12 bits per heavy atom. The fourth-order valence-corrected chi connectivity index (χ4v) is 4.09. The number of rotatable bonds is 5. The zero-order valence-electron chi connectivity index (χ0n) is 14.6. The number of carbonyl (C=O) groups excluding carboxylic acids is 1. The second kappa shape index (κ2) is 6.76. The second-order valence-corrected chi connectivity index (χ2v) is 7.04. The lowest BCUT2D eigenvalue weighted by molar-refractivity contribution is 0.0954. The molecule has 1 amide bonds. The first kappa shape index (κ1) is 16.5. The number of amides is 1. The largest absolute Gasteiger partial charge is 0.351 e. The maximum atomic E-state index is 12.7. The highest BCUT2D eigenvalue weighted by Crippen LogP contribution is 2.25. The highest BCUT2D eigenvalue weighted by molar-refractivity contribution is 7.13. The molecule has 1 N–H and O–H groups in total. The maximum absolute atomic E-state index is 12.7. The molecule has 0 unspecified atom stereocenters. The number of fused-ring (bicyclic) bond motifs is 1. The summed E-state index contributed by atoms with van der Waals surface area (Å²) in [5, 5.41) is 14.2. The summed E-state index contributed by atoms with van der Waals surface area (Å²) in [5.74, 6) is 0.770. The minimum Gasteiger partial charge on any atom is -0.351 e. The molecule has 4 rings (SSSR count). The smallest absolute Gasteiger partial charge is 0.254 e. The van der Waals surface area contributed by atoms with E-state index in [0.717, 1.165) is 27.9 Å². The topological polar surface area (TPSA) is 64.2 Å². The monoisotopic (exact) mass is 365 g/mol. The molecule has 0 saturated carbocycles. The number of nitrogens with one attached hydrogen (secondary N) is 1. The van der Waals surface area contributed by atoms with Gasteiger partial charge in [0.1, 0.15) is 10.8 Å². The van der Waals surface area contributed by atoms with Crippen molar-refractivity contribution in [3.63, 3.8) is 0 Å². The molecule has 0 aliphatic rings. The van der Waals surface area contributed by atoms with Crippen molar-refractivity contribution in [1.82, 2.24) is 24.5 Å². The molecule has 0 bridgehead atoms. The Balaban J connectivity index is 1.47. The first-order valence-electron chi connectivity index (χ1n) is 8.45. The fourth-order valence-electron chi connectivity index (χ4n) is 3.08. The van der Waals surface area contributed by atoms with Gasteiger partial charge >= 0.3 is 0 Å². The minimum atomic E-state index is -0.0671. The normalized spacial score (nSPS) is 11.2. The highest BCUT2D eigenvalue weighted by atomic mass is 32.1. The number of hydrogen-bond donors (Lipinski definition) is 1. The van der Waals surface area contributed by atoms with Crippen LogP contribution in [-0.4, -0.2) is 31.6 Å². The number of thiophene rings is 1. The van der Waals surface area contributed by atoms with Crippen LogP contribution >= 0.6 is 11.3 Å². The Labute approximate surface area is 155 Å². The SMILES string of the molecule is Cc1ccc(C)n1-c1sccc1C(=O)NCCc1nnc2ccccn12. The molecular weight excluding hydrogens is 346 g/mol. The van der Waals surface area contributed by atoms with Crippen LogP contribution in [0.3, 0.4) is 0 Å². The van der Waals surface area contributed by atoms with Gasteiger partial charge in [0.25, 0.3) is 5.91 Å². The Morgan fingerprint density at radius 2 is 1.92 bits per heavy atom. The molecule has 0 spiro atoms. The van der Waals surface area contributed by atoms with E-state index in [0.29, 0.717) is 18.5 Å². The van der Waals surface area contributed by atoms with Crippen LogP contribution in [0.5, 0.6) is 0 Å². The van der Waals surface area contributed by atoms with Crippen LogP contribution in [0, 0.1) is 13.8 Å². The van der Waals surface area contributed by atoms with Crippen molar-refractivity contribution in [1.29, 1.82) is 0 Å². The van der Waals surface area contributed by atoms with Gasteiger partial charge in [-0.2, -0.15) is 0 Å². The number of nitrogens with zero attached hydrogens (tertiary/aromatic N) is 4. The zero-order valence-corrected chi connectivity index (χ0v) is 15.5. The van der Waals surface area contributed by atoms with Crippen molar-refractivity contribution in [3.05, 3.63) is 70.8 Å². The van der Waals surface area contributed by atoms with Gasteiger partial charge in [0.2, 0.25) is 0 Å². The fraction of sp³-hybridized carbons (Fsp3) is 0.211. The van der Waals surface area contributed by atoms with Gasteiger partial charge in [0, 0.05) is 30.6 Å². The van der Waals surface area contributed by atoms with Gasteiger partial charge in [0.05, 0.1) is 5.56 Å². The molecule has 0 saturated heterocycles. The Hall–Kier alpha value is -2.93. The van der Waals surface area contributed by atoms with E-state index in [1.165, 1.54) is 0 Å². The lowest BCUT2D eigenvalue weighted by atomic mass is 10.2. The molecule has 6 nitrogen and oxygen atoms in total. The van der Waals surface area contributed by atoms with Crippen LogP contribution < -0.4 is 5.32 Å². The number of aromatic nitrogens is 4. The maximum Gasteiger partial charge on any atom is 0.254 e. The van der Waals surface area contributed by atoms with Crippen LogP contribution in [0.4, 0.5) is 0 Å². The third kappa shape index (κ3) is 2.90. The van der Waals surface area contributed by atoms with Crippen molar-refractivity contribution >= 4 is 22.9 Å². The van der Waals surface area contributed by atoms with E-state index in [1.54, 1.807) is 11.3 Å². The average molecular weight is 365 g/mol. The third-order valence-electron chi connectivity index (χ3n) is 4.38. The van der Waals surface area contributed by atoms with E-state index in [9.17, 15) is 4.79 Å². The van der Waals surface area contributed by atoms with Gasteiger partial charge in [-0.3, -0.25) is 9.20 Å². The van der Waals surface area contributed by atoms with Crippen molar-refractivity contribution in [2.24, 2.45) is 0 Å². The molecule has 7 heteroatoms. The quantitative estimate of drug-likeness (QED) is 0.591. The summed E-state index contributed by atoms with van der Waals surface area (Å²) < 4.78 is 4.06. The molecule has 0 aliphatic carbocycles. The summed E-state index contributed by atoms with van der Waals surface area (Å²) in [5.41, 5.74) is 3.75. The van der Waals surface area contributed by atoms with Gasteiger partial charge in [-0.05, 0) is 49.6 Å². The molecule has 4 aromatic rings. The van der Waals surface area contributed by atoms with Crippen LogP contribution in [0.2, 0.25) is 0 Å². The number of pyridine rings is 1. The van der Waals surface area contributed by atoms with Crippen molar-refractivity contribution in [2.45, 2.75) is 20.3 Å². The molecule has 0 atom stereocenters. The first-order valence-corrected chi connectivity index (χ1v) is 9.33. The van der Waals surface area contributed by atoms with E-state index >= 15 is 0 Å². The lowest BCUT2D eigenvalue weighted by Crippen LogP contribution is -2.26. The predicted octanol–water partition coefficient (Wildman–Crippen LogP) is 3.17. The Morgan fingerprint density at radius 3 is 2.73 bits per heavy atom. The van der Waals surface area contributed by atoms with Crippen LogP contribution in [0.1, 0.15) is 27.6 Å². The summed E-state index contributed by atoms with van der Waals surface area (Å²) in [6, 6.07) is 11.8. The number of carbonyl (C=O) groups is 1. The van der Waals surface area contributed by atoms with Crippen LogP contribution in [-0.2, 0) is 6.42 Å². The first-order chi connectivity index (χ1) is 12.6. The zero-order chi connectivity index (χ0) is 18.1. The van der Waals surface area contributed by atoms with E-state index in [2.05, 4.69) is 32.2 Å². The highest BCUT2D eigenvalue weighted by Gasteiger charge is 2.16. The standard InChI is InChI=1S/C19H19N5OS/c1-13-6-7-14(2)24(13)19-15(9-12-26-19)18(25)20-10-8-17-22-21-16-5-3-4-11-23(16)17/h3-7,9,11-12H,8,10H2,1-2H3,(H,20,25). The molecule has 4 aromatic heterocycles. The summed E-state index contributed by atoms with van der Waals surface area (Å²) in [6.07, 6.45) is 2.55. The van der Waals surface area contributed by atoms with Gasteiger partial charge < -0.3 is 9.88 Å². The molecule has 0 aromatic carbocycles. The third-order valence-corrected chi connectivity index (χ3v) is 5.28. The minimum absolute atomic E-state index is 0.0671. The molecule has 26 heavy (non-hydrogen) atoms. The second-order valence-electron chi connectivity index (χ2n) is 6.14. The molecule has 0 radical (unpaired) electrons. The summed E-state index contributed by atoms with van der Waals surface area (Å²) >= 11 is 1.57. The van der Waals surface area contributed by atoms with Crippen LogP contribution in [0.15, 0.2) is 48.0 Å². The van der Waals surface area contributed by atoms with E-state index in [-0.39, 0.29) is 5.91 Å². The molecule has 132 valence electrons. The van der Waals surface area contributed by atoms with Crippen LogP contribution in [0.25, 0.3) is 10.6 Å². The molecule has 0 aliphatic heterocycles. The van der Waals surface area contributed by atoms with Crippen molar-refractivity contribution in [3.8, 4) is 5.00 Å². The van der Waals surface area contributed by atoms with E-state index in [1.807, 2.05) is 54.1 Å². The number of hydrogen-bond acceptors (Lipinski definition) is 4. The van der Waals surface area contributed by atoms with Crippen molar-refractivity contribution in [2.75, 3.05) is 6.54 Å². The molecular formula is C19H19N5OS. The molecule has 4 heterocycles. The van der Waals surface area contributed by atoms with E-state index in [4.69, 9.17) is 0 Å². The van der Waals surface area contributed by atoms with Gasteiger partial charge in [-0.15, -0.1) is 21.5 Å². The Kier molecular flexibility index (Phi) is 4.30. The Bertz CT molecular complexity index is 1060. The lowest BCUT2D eigenvalue weighted by Gasteiger charge is -2.10. The summed E-state index contributed by atoms with van der Waals surface area (Å²) in [4.78, 5) is 12.7. The summed E-state index contributed by atoms with van der Waals surface area (Å²) in [7, 11) is 0. The van der Waals surface area contributed by atoms with Gasteiger partial charge in [0.15, 0.2) is 5.65 Å². The van der Waals surface area contributed by atoms with E-state index < -0.39 is 0 Å². The summed E-state index contributed by atoms with van der Waals surface area (Å²) in [6.45, 7) is 4.60. The average Bonchev–Trinajstić information content (AvgIpc) is 3.34.